The van der Waals surface area contributed by atoms with Crippen LogP contribution < -0.4 is 0 Å². The van der Waals surface area contributed by atoms with E-state index in [1.807, 2.05) is 0 Å². The molecule has 0 bridgehead atoms. The molecule has 3 rings (SSSR count). The predicted octanol–water partition coefficient (Wildman–Crippen LogP) is 1.27. The van der Waals surface area contributed by atoms with Gasteiger partial charge in [0.25, 0.3) is 0 Å². The zero-order valence-electron chi connectivity index (χ0n) is 10.0. The van der Waals surface area contributed by atoms with Crippen LogP contribution in [0, 0.1) is 5.92 Å². The molecule has 1 saturated heterocycles. The van der Waals surface area contributed by atoms with Gasteiger partial charge in [0, 0.05) is 31.2 Å². The van der Waals surface area contributed by atoms with Gasteiger partial charge in [-0.15, -0.1) is 10.2 Å². The van der Waals surface area contributed by atoms with Gasteiger partial charge in [-0.3, -0.25) is 0 Å². The van der Waals surface area contributed by atoms with Crippen molar-refractivity contribution in [3.05, 3.63) is 11.6 Å². The maximum absolute atomic E-state index is 9.19. The van der Waals surface area contributed by atoms with E-state index in [0.717, 1.165) is 42.7 Å². The van der Waals surface area contributed by atoms with Crippen molar-refractivity contribution in [1.29, 1.82) is 0 Å². The molecule has 0 spiro atoms. The normalized spacial score (nSPS) is 28.3. The number of rotatable bonds is 3. The lowest BCUT2D eigenvalue weighted by Crippen LogP contribution is -2.23. The standard InChI is InChI=1S/C12H19N3OS/c16-8-9-3-4-15-11(6-9)13-14-12(15)7-10-2-1-5-17-10/h9-10,16H,1-8H2. The first-order valence-electron chi connectivity index (χ1n) is 6.50. The van der Waals surface area contributed by atoms with Crippen molar-refractivity contribution in [1.82, 2.24) is 14.8 Å². The molecular formula is C12H19N3OS. The molecule has 5 heteroatoms. The number of aliphatic hydroxyl groups is 1. The minimum absolute atomic E-state index is 0.278. The topological polar surface area (TPSA) is 50.9 Å². The number of hydrogen-bond acceptors (Lipinski definition) is 4. The van der Waals surface area contributed by atoms with Gasteiger partial charge in [-0.05, 0) is 30.9 Å². The Balaban J connectivity index is 1.72. The number of aromatic nitrogens is 3. The number of nitrogens with zero attached hydrogens (tertiary/aromatic N) is 3. The molecule has 0 aliphatic carbocycles. The van der Waals surface area contributed by atoms with E-state index in [1.165, 1.54) is 18.6 Å². The van der Waals surface area contributed by atoms with Gasteiger partial charge in [0.05, 0.1) is 0 Å². The molecule has 0 radical (unpaired) electrons. The van der Waals surface area contributed by atoms with Crippen LogP contribution in [0.5, 0.6) is 0 Å². The van der Waals surface area contributed by atoms with Crippen molar-refractivity contribution in [3.63, 3.8) is 0 Å². The van der Waals surface area contributed by atoms with Gasteiger partial charge in [-0.1, -0.05) is 0 Å². The first kappa shape index (κ1) is 11.5. The smallest absolute Gasteiger partial charge is 0.134 e. The average Bonchev–Trinajstić information content (AvgIpc) is 2.99. The third-order valence-corrected chi connectivity index (χ3v) is 5.23. The zero-order chi connectivity index (χ0) is 11.7. The minimum atomic E-state index is 0.278. The Morgan fingerprint density at radius 2 is 2.29 bits per heavy atom. The van der Waals surface area contributed by atoms with Crippen LogP contribution in [0.15, 0.2) is 0 Å². The molecule has 3 heterocycles. The van der Waals surface area contributed by atoms with E-state index >= 15 is 0 Å². The fourth-order valence-electron chi connectivity index (χ4n) is 2.77. The lowest BCUT2D eigenvalue weighted by atomic mass is 9.99. The van der Waals surface area contributed by atoms with Crippen molar-refractivity contribution < 1.29 is 5.11 Å². The monoisotopic (exact) mass is 253 g/mol. The van der Waals surface area contributed by atoms with Crippen molar-refractivity contribution in [3.8, 4) is 0 Å². The largest absolute Gasteiger partial charge is 0.396 e. The second-order valence-electron chi connectivity index (χ2n) is 5.06. The van der Waals surface area contributed by atoms with E-state index in [2.05, 4.69) is 26.5 Å². The van der Waals surface area contributed by atoms with Gasteiger partial charge in [-0.2, -0.15) is 11.8 Å². The molecule has 0 saturated carbocycles. The summed E-state index contributed by atoms with van der Waals surface area (Å²) in [5, 5.41) is 18.6. The Bertz CT molecular complexity index is 387. The molecule has 4 nitrogen and oxygen atoms in total. The summed E-state index contributed by atoms with van der Waals surface area (Å²) in [4.78, 5) is 0. The van der Waals surface area contributed by atoms with Gasteiger partial charge < -0.3 is 9.67 Å². The van der Waals surface area contributed by atoms with Crippen molar-refractivity contribution in [2.24, 2.45) is 5.92 Å². The summed E-state index contributed by atoms with van der Waals surface area (Å²) in [7, 11) is 0. The van der Waals surface area contributed by atoms with Gasteiger partial charge in [-0.25, -0.2) is 0 Å². The van der Waals surface area contributed by atoms with Crippen molar-refractivity contribution >= 4 is 11.8 Å². The second kappa shape index (κ2) is 4.98. The highest BCUT2D eigenvalue weighted by molar-refractivity contribution is 8.00. The van der Waals surface area contributed by atoms with Crippen molar-refractivity contribution in [2.75, 3.05) is 12.4 Å². The third-order valence-electron chi connectivity index (χ3n) is 3.83. The van der Waals surface area contributed by atoms with Crippen LogP contribution in [0.25, 0.3) is 0 Å². The van der Waals surface area contributed by atoms with E-state index in [-0.39, 0.29) is 6.61 Å². The summed E-state index contributed by atoms with van der Waals surface area (Å²) in [5.74, 6) is 3.93. The molecule has 17 heavy (non-hydrogen) atoms. The average molecular weight is 253 g/mol. The zero-order valence-corrected chi connectivity index (χ0v) is 10.8. The van der Waals surface area contributed by atoms with Crippen LogP contribution in [-0.2, 0) is 19.4 Å². The van der Waals surface area contributed by atoms with E-state index in [1.54, 1.807) is 0 Å². The maximum atomic E-state index is 9.19. The SMILES string of the molecule is OCC1CCn2c(nnc2CC2CCCS2)C1. The highest BCUT2D eigenvalue weighted by Crippen LogP contribution is 2.29. The molecule has 1 N–H and O–H groups in total. The summed E-state index contributed by atoms with van der Waals surface area (Å²) >= 11 is 2.08. The minimum Gasteiger partial charge on any atom is -0.396 e. The summed E-state index contributed by atoms with van der Waals surface area (Å²) < 4.78 is 2.28. The second-order valence-corrected chi connectivity index (χ2v) is 6.47. The molecular weight excluding hydrogens is 234 g/mol. The Hall–Kier alpha value is -0.550. The van der Waals surface area contributed by atoms with Gasteiger partial charge in [0.2, 0.25) is 0 Å². The van der Waals surface area contributed by atoms with E-state index < -0.39 is 0 Å². The van der Waals surface area contributed by atoms with Crippen LogP contribution >= 0.6 is 11.8 Å². The quantitative estimate of drug-likeness (QED) is 0.881. The van der Waals surface area contributed by atoms with Gasteiger partial charge >= 0.3 is 0 Å². The van der Waals surface area contributed by atoms with Crippen LogP contribution in [0.4, 0.5) is 0 Å². The van der Waals surface area contributed by atoms with Crippen LogP contribution in [-0.4, -0.2) is 37.5 Å². The highest BCUT2D eigenvalue weighted by atomic mass is 32.2. The summed E-state index contributed by atoms with van der Waals surface area (Å²) in [5.41, 5.74) is 0. The van der Waals surface area contributed by atoms with Crippen LogP contribution in [0.1, 0.15) is 30.9 Å². The fraction of sp³-hybridized carbons (Fsp3) is 0.833. The lowest BCUT2D eigenvalue weighted by Gasteiger charge is -2.22. The summed E-state index contributed by atoms with van der Waals surface area (Å²) in [6.45, 7) is 1.26. The maximum Gasteiger partial charge on any atom is 0.134 e. The Morgan fingerprint density at radius 1 is 1.35 bits per heavy atom. The Morgan fingerprint density at radius 3 is 3.06 bits per heavy atom. The first-order valence-corrected chi connectivity index (χ1v) is 7.55. The van der Waals surface area contributed by atoms with Crippen LogP contribution in [0.2, 0.25) is 0 Å². The summed E-state index contributed by atoms with van der Waals surface area (Å²) in [6.07, 6.45) is 5.70. The molecule has 1 aromatic rings. The fourth-order valence-corrected chi connectivity index (χ4v) is 4.04. The molecule has 1 aromatic heterocycles. The van der Waals surface area contributed by atoms with E-state index in [0.29, 0.717) is 5.92 Å². The number of thioether (sulfide) groups is 1. The van der Waals surface area contributed by atoms with Gasteiger partial charge in [0.15, 0.2) is 0 Å². The molecule has 1 fully saturated rings. The molecule has 2 unspecified atom stereocenters. The molecule has 2 atom stereocenters. The van der Waals surface area contributed by atoms with Crippen LogP contribution in [0.3, 0.4) is 0 Å². The third kappa shape index (κ3) is 2.36. The first-order chi connectivity index (χ1) is 8.36. The van der Waals surface area contributed by atoms with Crippen molar-refractivity contribution in [2.45, 2.75) is 43.9 Å². The van der Waals surface area contributed by atoms with Gasteiger partial charge in [0.1, 0.15) is 11.6 Å². The number of aliphatic hydroxyl groups excluding tert-OH is 1. The van der Waals surface area contributed by atoms with E-state index in [4.69, 9.17) is 0 Å². The Kier molecular flexibility index (Phi) is 3.38. The highest BCUT2D eigenvalue weighted by Gasteiger charge is 2.25. The molecule has 0 aromatic carbocycles. The van der Waals surface area contributed by atoms with E-state index in [9.17, 15) is 5.11 Å². The number of hydrogen-bond donors (Lipinski definition) is 1. The predicted molar refractivity (Wildman–Crippen MR) is 68.1 cm³/mol. The number of fused-ring (bicyclic) bond motifs is 1. The molecule has 2 aliphatic heterocycles. The molecule has 2 aliphatic rings. The lowest BCUT2D eigenvalue weighted by molar-refractivity contribution is 0.198. The molecule has 94 valence electrons. The molecule has 0 amide bonds. The summed E-state index contributed by atoms with van der Waals surface area (Å²) in [6, 6.07) is 0. The Labute approximate surface area is 106 Å².